The Bertz CT molecular complexity index is 582. The van der Waals surface area contributed by atoms with Gasteiger partial charge >= 0.3 is 5.63 Å². The lowest BCUT2D eigenvalue weighted by Gasteiger charge is -2.07. The molecule has 0 bridgehead atoms. The maximum absolute atomic E-state index is 11.9. The van der Waals surface area contributed by atoms with Crippen LogP contribution in [0.5, 0.6) is 5.75 Å². The Morgan fingerprint density at radius 1 is 1.22 bits per heavy atom. The van der Waals surface area contributed by atoms with E-state index in [-0.39, 0.29) is 11.3 Å². The first kappa shape index (κ1) is 12.4. The molecule has 0 spiro atoms. The summed E-state index contributed by atoms with van der Waals surface area (Å²) in [6, 6.07) is 10.6. The van der Waals surface area contributed by atoms with Crippen LogP contribution in [0.15, 0.2) is 45.6 Å². The van der Waals surface area contributed by atoms with Gasteiger partial charge in [-0.1, -0.05) is 44.2 Å². The summed E-state index contributed by atoms with van der Waals surface area (Å²) in [6.45, 7) is 4.06. The van der Waals surface area contributed by atoms with Gasteiger partial charge in [-0.25, -0.2) is 4.79 Å². The zero-order chi connectivity index (χ0) is 13.1. The second-order valence-electron chi connectivity index (χ2n) is 4.72. The van der Waals surface area contributed by atoms with Crippen LogP contribution in [0, 0.1) is 5.92 Å². The smallest absolute Gasteiger partial charge is 0.347 e. The average molecular weight is 244 g/mol. The number of benzene rings is 1. The third-order valence-corrected chi connectivity index (χ3v) is 2.65. The molecule has 0 fully saturated rings. The van der Waals surface area contributed by atoms with Gasteiger partial charge in [0.1, 0.15) is 17.1 Å². The molecule has 0 atom stereocenters. The van der Waals surface area contributed by atoms with Crippen LogP contribution in [0.2, 0.25) is 0 Å². The Morgan fingerprint density at radius 3 is 2.44 bits per heavy atom. The maximum Gasteiger partial charge on any atom is 0.347 e. The number of rotatable bonds is 3. The second kappa shape index (κ2) is 5.08. The van der Waals surface area contributed by atoms with Gasteiger partial charge in [0.15, 0.2) is 0 Å². The van der Waals surface area contributed by atoms with Gasteiger partial charge in [-0.3, -0.25) is 0 Å². The summed E-state index contributed by atoms with van der Waals surface area (Å²) in [5.41, 5.74) is 0.403. The van der Waals surface area contributed by atoms with Crippen molar-refractivity contribution >= 4 is 0 Å². The van der Waals surface area contributed by atoms with Gasteiger partial charge in [-0.05, 0) is 11.5 Å². The predicted octanol–water partition coefficient (Wildman–Crippen LogP) is 3.21. The predicted molar refractivity (Wildman–Crippen MR) is 70.6 cm³/mol. The molecule has 1 aromatic carbocycles. The molecule has 0 aliphatic rings. The standard InChI is InChI=1S/C15H16O3/c1-10(2)8-12-9-13(16)14(15(17)18-12)11-6-4-3-5-7-11/h3-7,9-10,16H,8H2,1-2H3. The van der Waals surface area contributed by atoms with Crippen LogP contribution < -0.4 is 5.63 Å². The molecule has 3 heteroatoms. The van der Waals surface area contributed by atoms with Crippen molar-refractivity contribution in [1.29, 1.82) is 0 Å². The van der Waals surface area contributed by atoms with Gasteiger partial charge in [-0.2, -0.15) is 0 Å². The quantitative estimate of drug-likeness (QED) is 0.901. The van der Waals surface area contributed by atoms with E-state index in [0.29, 0.717) is 23.7 Å². The van der Waals surface area contributed by atoms with E-state index in [1.807, 2.05) is 32.0 Å². The monoisotopic (exact) mass is 244 g/mol. The SMILES string of the molecule is CC(C)Cc1cc(O)c(-c2ccccc2)c(=O)o1. The summed E-state index contributed by atoms with van der Waals surface area (Å²) in [5, 5.41) is 9.98. The van der Waals surface area contributed by atoms with Crippen molar-refractivity contribution < 1.29 is 9.52 Å². The third kappa shape index (κ3) is 2.62. The minimum atomic E-state index is -0.489. The van der Waals surface area contributed by atoms with E-state index in [9.17, 15) is 9.90 Å². The summed E-state index contributed by atoms with van der Waals surface area (Å²) in [5.74, 6) is 0.871. The number of aromatic hydroxyl groups is 1. The molecule has 0 saturated carbocycles. The first-order valence-corrected chi connectivity index (χ1v) is 5.99. The molecule has 0 saturated heterocycles. The minimum absolute atomic E-state index is 0.0203. The van der Waals surface area contributed by atoms with Crippen molar-refractivity contribution in [3.63, 3.8) is 0 Å². The van der Waals surface area contributed by atoms with E-state index >= 15 is 0 Å². The fourth-order valence-corrected chi connectivity index (χ4v) is 1.90. The van der Waals surface area contributed by atoms with Gasteiger partial charge in [0.05, 0.1) is 0 Å². The number of hydrogen-bond acceptors (Lipinski definition) is 3. The Balaban J connectivity index is 2.49. The highest BCUT2D eigenvalue weighted by Crippen LogP contribution is 2.26. The molecular formula is C15H16O3. The van der Waals surface area contributed by atoms with Crippen LogP contribution in [0.4, 0.5) is 0 Å². The summed E-state index contributed by atoms with van der Waals surface area (Å²) >= 11 is 0. The van der Waals surface area contributed by atoms with E-state index in [1.165, 1.54) is 6.07 Å². The summed E-state index contributed by atoms with van der Waals surface area (Å²) < 4.78 is 5.24. The summed E-state index contributed by atoms with van der Waals surface area (Å²) in [6.07, 6.45) is 0.637. The lowest BCUT2D eigenvalue weighted by molar-refractivity contribution is 0.411. The van der Waals surface area contributed by atoms with E-state index in [0.717, 1.165) is 0 Å². The zero-order valence-electron chi connectivity index (χ0n) is 10.5. The van der Waals surface area contributed by atoms with Crippen LogP contribution in [-0.2, 0) is 6.42 Å². The van der Waals surface area contributed by atoms with E-state index in [1.54, 1.807) is 12.1 Å². The van der Waals surface area contributed by atoms with Gasteiger partial charge in [0, 0.05) is 12.5 Å². The van der Waals surface area contributed by atoms with Crippen molar-refractivity contribution in [2.75, 3.05) is 0 Å². The molecule has 18 heavy (non-hydrogen) atoms. The van der Waals surface area contributed by atoms with Crippen molar-refractivity contribution in [1.82, 2.24) is 0 Å². The Kier molecular flexibility index (Phi) is 3.51. The molecular weight excluding hydrogens is 228 g/mol. The summed E-state index contributed by atoms with van der Waals surface area (Å²) in [4.78, 5) is 11.9. The van der Waals surface area contributed by atoms with Crippen molar-refractivity contribution in [2.45, 2.75) is 20.3 Å². The van der Waals surface area contributed by atoms with Crippen LogP contribution >= 0.6 is 0 Å². The second-order valence-corrected chi connectivity index (χ2v) is 4.72. The minimum Gasteiger partial charge on any atom is -0.507 e. The Labute approximate surface area is 106 Å². The third-order valence-electron chi connectivity index (χ3n) is 2.65. The highest BCUT2D eigenvalue weighted by Gasteiger charge is 2.13. The maximum atomic E-state index is 11.9. The fraction of sp³-hybridized carbons (Fsp3) is 0.267. The van der Waals surface area contributed by atoms with E-state index in [2.05, 4.69) is 0 Å². The zero-order valence-corrected chi connectivity index (χ0v) is 10.5. The van der Waals surface area contributed by atoms with Crippen LogP contribution in [0.25, 0.3) is 11.1 Å². The van der Waals surface area contributed by atoms with Gasteiger partial charge < -0.3 is 9.52 Å². The first-order chi connectivity index (χ1) is 8.58. The molecule has 1 aromatic heterocycles. The van der Waals surface area contributed by atoms with Crippen molar-refractivity contribution in [2.24, 2.45) is 5.92 Å². The Hall–Kier alpha value is -2.03. The van der Waals surface area contributed by atoms with Crippen molar-refractivity contribution in [3.05, 3.63) is 52.6 Å². The average Bonchev–Trinajstić information content (AvgIpc) is 2.28. The highest BCUT2D eigenvalue weighted by molar-refractivity contribution is 5.68. The molecule has 1 heterocycles. The summed E-state index contributed by atoms with van der Waals surface area (Å²) in [7, 11) is 0. The molecule has 1 N–H and O–H groups in total. The molecule has 0 radical (unpaired) electrons. The molecule has 2 rings (SSSR count). The topological polar surface area (TPSA) is 50.4 Å². The lowest BCUT2D eigenvalue weighted by atomic mass is 10.0. The van der Waals surface area contributed by atoms with Crippen molar-refractivity contribution in [3.8, 4) is 16.9 Å². The fourth-order valence-electron chi connectivity index (χ4n) is 1.90. The first-order valence-electron chi connectivity index (χ1n) is 5.99. The molecule has 0 aliphatic heterocycles. The molecule has 0 unspecified atom stereocenters. The van der Waals surface area contributed by atoms with Gasteiger partial charge in [-0.15, -0.1) is 0 Å². The molecule has 3 nitrogen and oxygen atoms in total. The normalized spacial score (nSPS) is 10.8. The molecule has 94 valence electrons. The van der Waals surface area contributed by atoms with Crippen LogP contribution in [0.1, 0.15) is 19.6 Å². The van der Waals surface area contributed by atoms with Gasteiger partial charge in [0.25, 0.3) is 0 Å². The van der Waals surface area contributed by atoms with Crippen LogP contribution in [0.3, 0.4) is 0 Å². The number of hydrogen-bond donors (Lipinski definition) is 1. The largest absolute Gasteiger partial charge is 0.507 e. The highest BCUT2D eigenvalue weighted by atomic mass is 16.4. The lowest BCUT2D eigenvalue weighted by Crippen LogP contribution is -2.06. The molecule has 2 aromatic rings. The van der Waals surface area contributed by atoms with E-state index < -0.39 is 5.63 Å². The molecule has 0 aliphatic carbocycles. The molecule has 0 amide bonds. The van der Waals surface area contributed by atoms with Crippen LogP contribution in [-0.4, -0.2) is 5.11 Å². The van der Waals surface area contributed by atoms with Gasteiger partial charge in [0.2, 0.25) is 0 Å². The van der Waals surface area contributed by atoms with E-state index in [4.69, 9.17) is 4.42 Å². The Morgan fingerprint density at radius 2 is 1.89 bits per heavy atom.